The molecule has 1 saturated heterocycles. The first-order chi connectivity index (χ1) is 7.59. The normalized spacial score (nSPS) is 15.6. The Balaban J connectivity index is 2.36. The molecule has 0 radical (unpaired) electrons. The lowest BCUT2D eigenvalue weighted by atomic mass is 10.1. The Bertz CT molecular complexity index is 457. The average Bonchev–Trinajstić information content (AvgIpc) is 2.64. The second kappa shape index (κ2) is 3.92. The Morgan fingerprint density at radius 2 is 2.19 bits per heavy atom. The van der Waals surface area contributed by atoms with E-state index in [-0.39, 0.29) is 11.6 Å². The SMILES string of the molecule is Cc1cc([N+](=O)[O-])ccc1N1CCCC1=O. The summed E-state index contributed by atoms with van der Waals surface area (Å²) in [6.45, 7) is 2.49. The van der Waals surface area contributed by atoms with Gasteiger partial charge in [-0.25, -0.2) is 0 Å². The van der Waals surface area contributed by atoms with Crippen molar-refractivity contribution in [3.63, 3.8) is 0 Å². The van der Waals surface area contributed by atoms with E-state index in [1.165, 1.54) is 12.1 Å². The van der Waals surface area contributed by atoms with E-state index in [1.807, 2.05) is 0 Å². The highest BCUT2D eigenvalue weighted by Gasteiger charge is 2.23. The fraction of sp³-hybridized carbons (Fsp3) is 0.364. The van der Waals surface area contributed by atoms with E-state index < -0.39 is 4.92 Å². The van der Waals surface area contributed by atoms with Crippen molar-refractivity contribution in [3.8, 4) is 0 Å². The zero-order chi connectivity index (χ0) is 11.7. The van der Waals surface area contributed by atoms with Gasteiger partial charge >= 0.3 is 0 Å². The van der Waals surface area contributed by atoms with Crippen molar-refractivity contribution in [1.29, 1.82) is 0 Å². The van der Waals surface area contributed by atoms with E-state index in [2.05, 4.69) is 0 Å². The molecule has 1 amide bonds. The van der Waals surface area contributed by atoms with Gasteiger partial charge in [-0.05, 0) is 25.0 Å². The quantitative estimate of drug-likeness (QED) is 0.565. The number of hydrogen-bond acceptors (Lipinski definition) is 3. The smallest absolute Gasteiger partial charge is 0.269 e. The molecule has 1 aromatic carbocycles. The summed E-state index contributed by atoms with van der Waals surface area (Å²) in [5.74, 6) is 0.0944. The van der Waals surface area contributed by atoms with E-state index in [4.69, 9.17) is 0 Å². The number of anilines is 1. The third-order valence-corrected chi connectivity index (χ3v) is 2.76. The molecule has 1 aliphatic rings. The largest absolute Gasteiger partial charge is 0.312 e. The molecule has 5 heteroatoms. The van der Waals surface area contributed by atoms with Crippen LogP contribution >= 0.6 is 0 Å². The van der Waals surface area contributed by atoms with Crippen LogP contribution in [0.4, 0.5) is 11.4 Å². The summed E-state index contributed by atoms with van der Waals surface area (Å²) in [5.41, 5.74) is 1.62. The number of benzene rings is 1. The molecule has 0 aromatic heterocycles. The number of aryl methyl sites for hydroxylation is 1. The summed E-state index contributed by atoms with van der Waals surface area (Å²) in [7, 11) is 0. The molecule has 1 heterocycles. The predicted molar refractivity (Wildman–Crippen MR) is 59.4 cm³/mol. The van der Waals surface area contributed by atoms with Gasteiger partial charge in [0.25, 0.3) is 5.69 Å². The third-order valence-electron chi connectivity index (χ3n) is 2.76. The minimum absolute atomic E-state index is 0.0629. The molecule has 16 heavy (non-hydrogen) atoms. The minimum atomic E-state index is -0.428. The lowest BCUT2D eigenvalue weighted by Gasteiger charge is -2.17. The van der Waals surface area contributed by atoms with Crippen molar-refractivity contribution in [2.75, 3.05) is 11.4 Å². The van der Waals surface area contributed by atoms with Gasteiger partial charge in [-0.3, -0.25) is 14.9 Å². The van der Waals surface area contributed by atoms with Crippen molar-refractivity contribution in [2.45, 2.75) is 19.8 Å². The van der Waals surface area contributed by atoms with Crippen LogP contribution in [0.25, 0.3) is 0 Å². The number of non-ortho nitro benzene ring substituents is 1. The van der Waals surface area contributed by atoms with Crippen LogP contribution in [0.1, 0.15) is 18.4 Å². The summed E-state index contributed by atoms with van der Waals surface area (Å²) in [6.07, 6.45) is 1.42. The molecule has 84 valence electrons. The third kappa shape index (κ3) is 1.76. The molecule has 0 N–H and O–H groups in total. The highest BCUT2D eigenvalue weighted by atomic mass is 16.6. The number of hydrogen-bond donors (Lipinski definition) is 0. The van der Waals surface area contributed by atoms with E-state index in [0.717, 1.165) is 17.7 Å². The van der Waals surface area contributed by atoms with Crippen LogP contribution in [0.15, 0.2) is 18.2 Å². The summed E-state index contributed by atoms with van der Waals surface area (Å²) < 4.78 is 0. The van der Waals surface area contributed by atoms with Gasteiger partial charge in [0.1, 0.15) is 0 Å². The number of nitrogens with zero attached hydrogens (tertiary/aromatic N) is 2. The highest BCUT2D eigenvalue weighted by Crippen LogP contribution is 2.27. The number of rotatable bonds is 2. The number of carbonyl (C=O) groups excluding carboxylic acids is 1. The molecular weight excluding hydrogens is 208 g/mol. The molecule has 0 atom stereocenters. The fourth-order valence-corrected chi connectivity index (χ4v) is 1.96. The minimum Gasteiger partial charge on any atom is -0.312 e. The topological polar surface area (TPSA) is 63.5 Å². The Labute approximate surface area is 92.8 Å². The Kier molecular flexibility index (Phi) is 2.60. The van der Waals surface area contributed by atoms with Gasteiger partial charge in [-0.1, -0.05) is 0 Å². The van der Waals surface area contributed by atoms with E-state index in [9.17, 15) is 14.9 Å². The lowest BCUT2D eigenvalue weighted by Crippen LogP contribution is -2.24. The maximum absolute atomic E-state index is 11.5. The average molecular weight is 220 g/mol. The van der Waals surface area contributed by atoms with Gasteiger partial charge in [0.05, 0.1) is 4.92 Å². The standard InChI is InChI=1S/C11H12N2O3/c1-8-7-9(13(15)16)4-5-10(8)12-6-2-3-11(12)14/h4-5,7H,2-3,6H2,1H3. The molecule has 0 spiro atoms. The maximum atomic E-state index is 11.5. The van der Waals surface area contributed by atoms with E-state index in [1.54, 1.807) is 17.9 Å². The van der Waals surface area contributed by atoms with Gasteiger partial charge in [0, 0.05) is 30.8 Å². The van der Waals surface area contributed by atoms with Crippen molar-refractivity contribution < 1.29 is 9.72 Å². The van der Waals surface area contributed by atoms with E-state index >= 15 is 0 Å². The molecule has 0 bridgehead atoms. The number of nitro groups is 1. The molecular formula is C11H12N2O3. The van der Waals surface area contributed by atoms with Crippen molar-refractivity contribution in [1.82, 2.24) is 0 Å². The number of nitro benzene ring substituents is 1. The van der Waals surface area contributed by atoms with Crippen LogP contribution in [-0.2, 0) is 4.79 Å². The van der Waals surface area contributed by atoms with Crippen LogP contribution in [0.3, 0.4) is 0 Å². The van der Waals surface area contributed by atoms with E-state index in [0.29, 0.717) is 13.0 Å². The van der Waals surface area contributed by atoms with Crippen molar-refractivity contribution in [2.24, 2.45) is 0 Å². The van der Waals surface area contributed by atoms with Gasteiger partial charge < -0.3 is 4.90 Å². The maximum Gasteiger partial charge on any atom is 0.269 e. The predicted octanol–water partition coefficient (Wildman–Crippen LogP) is 2.03. The van der Waals surface area contributed by atoms with Crippen LogP contribution in [0, 0.1) is 17.0 Å². The Hall–Kier alpha value is -1.91. The van der Waals surface area contributed by atoms with Gasteiger partial charge in [-0.15, -0.1) is 0 Å². The second-order valence-corrected chi connectivity index (χ2v) is 3.88. The molecule has 1 fully saturated rings. The zero-order valence-electron chi connectivity index (χ0n) is 8.97. The molecule has 0 saturated carbocycles. The van der Waals surface area contributed by atoms with Crippen molar-refractivity contribution in [3.05, 3.63) is 33.9 Å². The van der Waals surface area contributed by atoms with Crippen molar-refractivity contribution >= 4 is 17.3 Å². The first kappa shape index (κ1) is 10.6. The monoisotopic (exact) mass is 220 g/mol. The van der Waals surface area contributed by atoms with Crippen LogP contribution in [0.5, 0.6) is 0 Å². The molecule has 1 aliphatic heterocycles. The van der Waals surface area contributed by atoms with Gasteiger partial charge in [-0.2, -0.15) is 0 Å². The summed E-state index contributed by atoms with van der Waals surface area (Å²) >= 11 is 0. The Morgan fingerprint density at radius 1 is 1.44 bits per heavy atom. The summed E-state index contributed by atoms with van der Waals surface area (Å²) in [4.78, 5) is 23.4. The number of amides is 1. The van der Waals surface area contributed by atoms with Gasteiger partial charge in [0.2, 0.25) is 5.91 Å². The lowest BCUT2D eigenvalue weighted by molar-refractivity contribution is -0.384. The molecule has 1 aromatic rings. The first-order valence-electron chi connectivity index (χ1n) is 5.15. The molecule has 0 unspecified atom stereocenters. The molecule has 2 rings (SSSR count). The van der Waals surface area contributed by atoms with Crippen LogP contribution in [-0.4, -0.2) is 17.4 Å². The highest BCUT2D eigenvalue weighted by molar-refractivity contribution is 5.96. The summed E-state index contributed by atoms with van der Waals surface area (Å²) in [6, 6.07) is 4.59. The fourth-order valence-electron chi connectivity index (χ4n) is 1.96. The second-order valence-electron chi connectivity index (χ2n) is 3.88. The molecule has 0 aliphatic carbocycles. The first-order valence-corrected chi connectivity index (χ1v) is 5.15. The van der Waals surface area contributed by atoms with Gasteiger partial charge in [0.15, 0.2) is 0 Å². The zero-order valence-corrected chi connectivity index (χ0v) is 8.97. The van der Waals surface area contributed by atoms with Crippen LogP contribution < -0.4 is 4.90 Å². The molecule has 5 nitrogen and oxygen atoms in total. The summed E-state index contributed by atoms with van der Waals surface area (Å²) in [5, 5.41) is 10.6. The number of carbonyl (C=O) groups is 1. The Morgan fingerprint density at radius 3 is 2.69 bits per heavy atom. The van der Waals surface area contributed by atoms with Crippen LogP contribution in [0.2, 0.25) is 0 Å².